The zero-order valence-corrected chi connectivity index (χ0v) is 17.2. The third kappa shape index (κ3) is 4.27. The van der Waals surface area contributed by atoms with Gasteiger partial charge in [0.05, 0.1) is 5.41 Å². The molecule has 1 aliphatic carbocycles. The Labute approximate surface area is 173 Å². The summed E-state index contributed by atoms with van der Waals surface area (Å²) in [6, 6.07) is 8.20. The fraction of sp³-hybridized carbons (Fsp3) is 0.652. The Morgan fingerprint density at radius 1 is 1.07 bits per heavy atom. The molecule has 1 aromatic carbocycles. The molecule has 3 fully saturated rings. The number of carboxylic acid groups (broad SMARTS) is 1. The number of likely N-dealkylation sites (tertiary alicyclic amines) is 2. The number of carboxylic acids is 1. The van der Waals surface area contributed by atoms with Crippen LogP contribution in [0.4, 0.5) is 4.79 Å². The van der Waals surface area contributed by atoms with Gasteiger partial charge in [-0.25, -0.2) is 4.79 Å². The molecule has 4 rings (SSSR count). The van der Waals surface area contributed by atoms with Crippen molar-refractivity contribution in [3.63, 3.8) is 0 Å². The minimum absolute atomic E-state index is 0.0982. The lowest BCUT2D eigenvalue weighted by atomic mass is 9.81. The molecule has 1 saturated carbocycles. The summed E-state index contributed by atoms with van der Waals surface area (Å²) in [5.74, 6) is -0.640. The third-order valence-electron chi connectivity index (χ3n) is 7.22. The Bertz CT molecular complexity index is 745. The first kappa shape index (κ1) is 20.2. The van der Waals surface area contributed by atoms with E-state index in [-0.39, 0.29) is 11.9 Å². The van der Waals surface area contributed by atoms with Crippen molar-refractivity contribution in [3.8, 4) is 0 Å². The predicted molar refractivity (Wildman–Crippen MR) is 111 cm³/mol. The number of benzene rings is 1. The largest absolute Gasteiger partial charge is 0.481 e. The Morgan fingerprint density at radius 3 is 2.48 bits per heavy atom. The number of aliphatic carboxylic acids is 1. The van der Waals surface area contributed by atoms with Gasteiger partial charge < -0.3 is 15.3 Å². The standard InChI is InChI=1S/C23H33N3O3/c27-21(28)23-11-7-10-20(23)16-26(17-23)22(29)24-14-18-8-3-4-9-19(18)15-25-12-5-1-2-6-13-25/h3-4,8-9,20H,1-2,5-7,10-17H2,(H,24,29)(H,27,28)/t20-,23+/m0/s1. The second-order valence-electron chi connectivity index (χ2n) is 9.05. The summed E-state index contributed by atoms with van der Waals surface area (Å²) in [5.41, 5.74) is 1.70. The quantitative estimate of drug-likeness (QED) is 0.795. The maximum Gasteiger partial charge on any atom is 0.317 e. The van der Waals surface area contributed by atoms with Gasteiger partial charge in [-0.2, -0.15) is 0 Å². The Hall–Kier alpha value is -2.08. The molecule has 0 radical (unpaired) electrons. The molecular weight excluding hydrogens is 366 g/mol. The van der Waals surface area contributed by atoms with E-state index in [1.165, 1.54) is 31.2 Å². The molecule has 2 atom stereocenters. The van der Waals surface area contributed by atoms with E-state index in [9.17, 15) is 14.7 Å². The van der Waals surface area contributed by atoms with Gasteiger partial charge in [-0.3, -0.25) is 9.69 Å². The van der Waals surface area contributed by atoms with Gasteiger partial charge in [0.15, 0.2) is 0 Å². The van der Waals surface area contributed by atoms with Crippen LogP contribution in [-0.2, 0) is 17.9 Å². The average molecular weight is 400 g/mol. The molecule has 2 heterocycles. The van der Waals surface area contributed by atoms with Crippen molar-refractivity contribution >= 4 is 12.0 Å². The van der Waals surface area contributed by atoms with E-state index in [0.29, 0.717) is 26.1 Å². The Balaban J connectivity index is 1.36. The Morgan fingerprint density at radius 2 is 1.79 bits per heavy atom. The van der Waals surface area contributed by atoms with Crippen LogP contribution in [0.25, 0.3) is 0 Å². The zero-order chi connectivity index (χ0) is 20.3. The van der Waals surface area contributed by atoms with Crippen LogP contribution in [0.15, 0.2) is 24.3 Å². The summed E-state index contributed by atoms with van der Waals surface area (Å²) >= 11 is 0. The van der Waals surface area contributed by atoms with Crippen LogP contribution < -0.4 is 5.32 Å². The number of hydrogen-bond donors (Lipinski definition) is 2. The predicted octanol–water partition coefficient (Wildman–Crippen LogP) is 3.46. The lowest BCUT2D eigenvalue weighted by molar-refractivity contribution is -0.149. The fourth-order valence-electron chi connectivity index (χ4n) is 5.50. The lowest BCUT2D eigenvalue weighted by Crippen LogP contribution is -2.41. The van der Waals surface area contributed by atoms with Gasteiger partial charge in [0.25, 0.3) is 0 Å². The number of rotatable bonds is 5. The molecule has 0 bridgehead atoms. The van der Waals surface area contributed by atoms with Crippen LogP contribution >= 0.6 is 0 Å². The maximum absolute atomic E-state index is 12.8. The first-order chi connectivity index (χ1) is 14.1. The minimum atomic E-state index is -0.738. The molecule has 29 heavy (non-hydrogen) atoms. The van der Waals surface area contributed by atoms with Crippen LogP contribution in [0.5, 0.6) is 0 Å². The molecule has 3 aliphatic rings. The second kappa shape index (κ2) is 8.74. The number of hydrogen-bond acceptors (Lipinski definition) is 3. The first-order valence-corrected chi connectivity index (χ1v) is 11.1. The van der Waals surface area contributed by atoms with Crippen LogP contribution in [0.2, 0.25) is 0 Å². The minimum Gasteiger partial charge on any atom is -0.481 e. The summed E-state index contributed by atoms with van der Waals surface area (Å²) in [6.45, 7) is 4.62. The molecule has 0 unspecified atom stereocenters. The average Bonchev–Trinajstić information content (AvgIpc) is 3.18. The smallest absolute Gasteiger partial charge is 0.317 e. The summed E-state index contributed by atoms with van der Waals surface area (Å²) in [4.78, 5) is 28.9. The number of nitrogens with one attached hydrogen (secondary N) is 1. The molecule has 2 saturated heterocycles. The molecule has 1 aromatic rings. The molecule has 2 aliphatic heterocycles. The van der Waals surface area contributed by atoms with Crippen molar-refractivity contribution in [2.45, 2.75) is 58.0 Å². The van der Waals surface area contributed by atoms with Crippen LogP contribution in [-0.4, -0.2) is 53.1 Å². The number of fused-ring (bicyclic) bond motifs is 1. The number of nitrogens with zero attached hydrogens (tertiary/aromatic N) is 2. The lowest BCUT2D eigenvalue weighted by Gasteiger charge is -2.24. The van der Waals surface area contributed by atoms with Crippen molar-refractivity contribution in [1.29, 1.82) is 0 Å². The first-order valence-electron chi connectivity index (χ1n) is 11.1. The SMILES string of the molecule is O=C(NCc1ccccc1CN1CCCCCC1)N1C[C@@H]2CCC[C@@]2(C(=O)O)C1. The van der Waals surface area contributed by atoms with Crippen molar-refractivity contribution in [2.75, 3.05) is 26.2 Å². The highest BCUT2D eigenvalue weighted by molar-refractivity contribution is 5.80. The molecule has 0 aromatic heterocycles. The maximum atomic E-state index is 12.8. The van der Waals surface area contributed by atoms with Crippen molar-refractivity contribution < 1.29 is 14.7 Å². The van der Waals surface area contributed by atoms with Crippen molar-refractivity contribution in [2.24, 2.45) is 11.3 Å². The second-order valence-corrected chi connectivity index (χ2v) is 9.05. The van der Waals surface area contributed by atoms with E-state index < -0.39 is 11.4 Å². The highest BCUT2D eigenvalue weighted by atomic mass is 16.4. The normalized spacial score (nSPS) is 27.4. The van der Waals surface area contributed by atoms with E-state index in [4.69, 9.17) is 0 Å². The van der Waals surface area contributed by atoms with Gasteiger partial charge in [-0.05, 0) is 55.8 Å². The van der Waals surface area contributed by atoms with Gasteiger partial charge >= 0.3 is 12.0 Å². The zero-order valence-electron chi connectivity index (χ0n) is 17.2. The highest BCUT2D eigenvalue weighted by Crippen LogP contribution is 2.48. The number of amides is 2. The van der Waals surface area contributed by atoms with E-state index in [2.05, 4.69) is 28.4 Å². The number of urea groups is 1. The summed E-state index contributed by atoms with van der Waals surface area (Å²) in [6.07, 6.45) is 7.73. The molecule has 6 nitrogen and oxygen atoms in total. The van der Waals surface area contributed by atoms with Crippen molar-refractivity contribution in [3.05, 3.63) is 35.4 Å². The van der Waals surface area contributed by atoms with E-state index >= 15 is 0 Å². The van der Waals surface area contributed by atoms with E-state index in [1.54, 1.807) is 4.90 Å². The van der Waals surface area contributed by atoms with Gasteiger partial charge in [-0.1, -0.05) is 43.5 Å². The van der Waals surface area contributed by atoms with E-state index in [0.717, 1.165) is 38.0 Å². The highest BCUT2D eigenvalue weighted by Gasteiger charge is 2.55. The molecule has 6 heteroatoms. The van der Waals surface area contributed by atoms with E-state index in [1.807, 2.05) is 6.07 Å². The Kier molecular flexibility index (Phi) is 6.09. The van der Waals surface area contributed by atoms with Crippen molar-refractivity contribution in [1.82, 2.24) is 15.1 Å². The van der Waals surface area contributed by atoms with Gasteiger partial charge in [0, 0.05) is 26.2 Å². The monoisotopic (exact) mass is 399 g/mol. The molecule has 2 N–H and O–H groups in total. The van der Waals surface area contributed by atoms with Gasteiger partial charge in [0.2, 0.25) is 0 Å². The van der Waals surface area contributed by atoms with Crippen LogP contribution in [0.3, 0.4) is 0 Å². The third-order valence-corrected chi connectivity index (χ3v) is 7.22. The summed E-state index contributed by atoms with van der Waals surface area (Å²) < 4.78 is 0. The molecule has 158 valence electrons. The fourth-order valence-corrected chi connectivity index (χ4v) is 5.50. The molecule has 0 spiro atoms. The van der Waals surface area contributed by atoms with Crippen LogP contribution in [0.1, 0.15) is 56.1 Å². The topological polar surface area (TPSA) is 72.9 Å². The van der Waals surface area contributed by atoms with Crippen LogP contribution in [0, 0.1) is 11.3 Å². The number of carbonyl (C=O) groups is 2. The molecule has 2 amide bonds. The number of carbonyl (C=O) groups excluding carboxylic acids is 1. The molecular formula is C23H33N3O3. The summed E-state index contributed by atoms with van der Waals surface area (Å²) in [7, 11) is 0. The van der Waals surface area contributed by atoms with Gasteiger partial charge in [-0.15, -0.1) is 0 Å². The van der Waals surface area contributed by atoms with Gasteiger partial charge in [0.1, 0.15) is 0 Å². The summed E-state index contributed by atoms with van der Waals surface area (Å²) in [5, 5.41) is 12.8.